The van der Waals surface area contributed by atoms with E-state index in [4.69, 9.17) is 0 Å². The van der Waals surface area contributed by atoms with Gasteiger partial charge in [-0.1, -0.05) is 13.8 Å². The van der Waals surface area contributed by atoms with Crippen molar-refractivity contribution in [2.24, 2.45) is 0 Å². The average Bonchev–Trinajstić information content (AvgIpc) is 2.90. The first kappa shape index (κ1) is 14.2. The van der Waals surface area contributed by atoms with Gasteiger partial charge in [0.15, 0.2) is 0 Å². The fourth-order valence-electron chi connectivity index (χ4n) is 2.05. The summed E-state index contributed by atoms with van der Waals surface area (Å²) in [5.41, 5.74) is 0.918. The van der Waals surface area contributed by atoms with Crippen LogP contribution in [0.1, 0.15) is 44.3 Å². The Morgan fingerprint density at radius 3 is 2.76 bits per heavy atom. The smallest absolute Gasteiger partial charge is 0.228 e. The number of thiazole rings is 1. The van der Waals surface area contributed by atoms with Crippen molar-refractivity contribution in [2.75, 3.05) is 6.54 Å². The summed E-state index contributed by atoms with van der Waals surface area (Å²) >= 11 is 1.61. The lowest BCUT2D eigenvalue weighted by atomic mass is 10.2. The molecule has 2 rings (SSSR count). The third-order valence-corrected chi connectivity index (χ3v) is 3.69. The number of amides is 1. The lowest BCUT2D eigenvalue weighted by molar-refractivity contribution is -0.131. The molecule has 1 aromatic heterocycles. The minimum atomic E-state index is 0.227. The molecule has 1 aliphatic heterocycles. The van der Waals surface area contributed by atoms with Gasteiger partial charge >= 0.3 is 0 Å². The first-order valence-electron chi connectivity index (χ1n) is 6.37. The normalized spacial score (nSPS) is 18.8. The van der Waals surface area contributed by atoms with Crippen molar-refractivity contribution in [1.82, 2.24) is 9.88 Å². The first-order chi connectivity index (χ1) is 8.16. The molecular formula is C13H22N2OS. The van der Waals surface area contributed by atoms with E-state index in [1.165, 1.54) is 0 Å². The molecule has 17 heavy (non-hydrogen) atoms. The molecule has 0 radical (unpaired) electrons. The predicted molar refractivity (Wildman–Crippen MR) is 72.3 cm³/mol. The molecule has 96 valence electrons. The van der Waals surface area contributed by atoms with Crippen molar-refractivity contribution in [3.05, 3.63) is 16.1 Å². The summed E-state index contributed by atoms with van der Waals surface area (Å²) in [5.74, 6) is 0.227. The van der Waals surface area contributed by atoms with Crippen molar-refractivity contribution in [3.8, 4) is 0 Å². The summed E-state index contributed by atoms with van der Waals surface area (Å²) in [7, 11) is 0. The largest absolute Gasteiger partial charge is 0.340 e. The van der Waals surface area contributed by atoms with Gasteiger partial charge in [-0.2, -0.15) is 0 Å². The van der Waals surface area contributed by atoms with Gasteiger partial charge in [0.1, 0.15) is 0 Å². The van der Waals surface area contributed by atoms with E-state index in [1.807, 2.05) is 31.1 Å². The highest BCUT2D eigenvalue weighted by molar-refractivity contribution is 7.09. The summed E-state index contributed by atoms with van der Waals surface area (Å²) in [6.07, 6.45) is 2.75. The van der Waals surface area contributed by atoms with Crippen molar-refractivity contribution in [3.63, 3.8) is 0 Å². The molecular weight excluding hydrogens is 232 g/mol. The number of aryl methyl sites for hydroxylation is 1. The van der Waals surface area contributed by atoms with Crippen molar-refractivity contribution in [2.45, 2.75) is 53.0 Å². The Balaban J connectivity index is 0.000000686. The monoisotopic (exact) mass is 254 g/mol. The number of hydrogen-bond acceptors (Lipinski definition) is 3. The molecule has 0 spiro atoms. The molecule has 0 unspecified atom stereocenters. The van der Waals surface area contributed by atoms with E-state index in [0.29, 0.717) is 12.5 Å². The van der Waals surface area contributed by atoms with Gasteiger partial charge in [-0.05, 0) is 26.7 Å². The van der Waals surface area contributed by atoms with Gasteiger partial charge in [-0.15, -0.1) is 11.3 Å². The van der Waals surface area contributed by atoms with Crippen LogP contribution < -0.4 is 0 Å². The van der Waals surface area contributed by atoms with Crippen LogP contribution in [0.2, 0.25) is 0 Å². The van der Waals surface area contributed by atoms with E-state index >= 15 is 0 Å². The lowest BCUT2D eigenvalue weighted by Crippen LogP contribution is -2.34. The summed E-state index contributed by atoms with van der Waals surface area (Å²) in [5, 5.41) is 3.01. The van der Waals surface area contributed by atoms with Gasteiger partial charge in [0, 0.05) is 18.0 Å². The highest BCUT2D eigenvalue weighted by Gasteiger charge is 2.25. The maximum absolute atomic E-state index is 11.9. The number of carbonyl (C=O) groups is 1. The van der Waals surface area contributed by atoms with Crippen LogP contribution in [0.3, 0.4) is 0 Å². The van der Waals surface area contributed by atoms with Crippen LogP contribution in [0, 0.1) is 6.92 Å². The van der Waals surface area contributed by atoms with E-state index < -0.39 is 0 Å². The Labute approximate surface area is 108 Å². The van der Waals surface area contributed by atoms with Gasteiger partial charge in [0.2, 0.25) is 5.91 Å². The number of carbonyl (C=O) groups excluding carboxylic acids is 1. The number of nitrogens with zero attached hydrogens (tertiary/aromatic N) is 2. The van der Waals surface area contributed by atoms with E-state index in [1.54, 1.807) is 11.3 Å². The fourth-order valence-corrected chi connectivity index (χ4v) is 2.66. The Morgan fingerprint density at radius 2 is 2.29 bits per heavy atom. The second-order valence-electron chi connectivity index (χ2n) is 4.11. The van der Waals surface area contributed by atoms with Crippen LogP contribution >= 0.6 is 11.3 Å². The predicted octanol–water partition coefficient (Wildman–Crippen LogP) is 3.03. The van der Waals surface area contributed by atoms with Gasteiger partial charge in [-0.3, -0.25) is 4.79 Å². The number of likely N-dealkylation sites (tertiary alicyclic amines) is 1. The minimum absolute atomic E-state index is 0.227. The summed E-state index contributed by atoms with van der Waals surface area (Å²) in [6.45, 7) is 9.01. The second-order valence-corrected chi connectivity index (χ2v) is 5.18. The van der Waals surface area contributed by atoms with Crippen molar-refractivity contribution >= 4 is 17.2 Å². The van der Waals surface area contributed by atoms with Crippen LogP contribution in [-0.4, -0.2) is 28.4 Å². The van der Waals surface area contributed by atoms with Crippen LogP contribution in [0.4, 0.5) is 0 Å². The topological polar surface area (TPSA) is 33.2 Å². The van der Waals surface area contributed by atoms with E-state index in [-0.39, 0.29) is 5.91 Å². The maximum Gasteiger partial charge on any atom is 0.228 e. The Kier molecular flexibility index (Phi) is 5.62. The Hall–Kier alpha value is -0.900. The second kappa shape index (κ2) is 6.74. The molecule has 0 aliphatic carbocycles. The van der Waals surface area contributed by atoms with Crippen LogP contribution in [0.25, 0.3) is 0 Å². The zero-order chi connectivity index (χ0) is 12.8. The van der Waals surface area contributed by atoms with Crippen LogP contribution in [-0.2, 0) is 11.2 Å². The molecule has 0 bridgehead atoms. The van der Waals surface area contributed by atoms with E-state index in [0.717, 1.165) is 30.1 Å². The fraction of sp³-hybridized carbons (Fsp3) is 0.692. The third kappa shape index (κ3) is 3.80. The van der Waals surface area contributed by atoms with Crippen molar-refractivity contribution < 1.29 is 4.79 Å². The number of hydrogen-bond donors (Lipinski definition) is 0. The molecule has 1 fully saturated rings. The Bertz CT molecular complexity index is 362. The molecule has 2 heterocycles. The average molecular weight is 254 g/mol. The van der Waals surface area contributed by atoms with Gasteiger partial charge in [0.25, 0.3) is 0 Å². The summed E-state index contributed by atoms with van der Waals surface area (Å²) < 4.78 is 0. The molecule has 1 atom stereocenters. The number of rotatable bonds is 2. The maximum atomic E-state index is 11.9. The Morgan fingerprint density at radius 1 is 1.59 bits per heavy atom. The van der Waals surface area contributed by atoms with Gasteiger partial charge < -0.3 is 4.90 Å². The summed E-state index contributed by atoms with van der Waals surface area (Å²) in [6, 6.07) is 0.414. The quantitative estimate of drug-likeness (QED) is 0.812. The number of aromatic nitrogens is 1. The summed E-state index contributed by atoms with van der Waals surface area (Å²) in [4.78, 5) is 18.2. The molecule has 0 N–H and O–H groups in total. The van der Waals surface area contributed by atoms with Crippen LogP contribution in [0.15, 0.2) is 5.38 Å². The minimum Gasteiger partial charge on any atom is -0.340 e. The molecule has 1 saturated heterocycles. The zero-order valence-electron chi connectivity index (χ0n) is 11.2. The molecule has 1 aliphatic rings. The highest BCUT2D eigenvalue weighted by atomic mass is 32.1. The van der Waals surface area contributed by atoms with E-state index in [2.05, 4.69) is 11.9 Å². The van der Waals surface area contributed by atoms with Crippen molar-refractivity contribution in [1.29, 1.82) is 0 Å². The molecule has 1 aromatic rings. The molecule has 0 saturated carbocycles. The molecule has 0 aromatic carbocycles. The SMILES string of the molecule is CC.Cc1nc(CC(=O)N2CCC[C@@H]2C)cs1. The zero-order valence-corrected chi connectivity index (χ0v) is 12.0. The third-order valence-electron chi connectivity index (χ3n) is 2.87. The van der Waals surface area contributed by atoms with Gasteiger partial charge in [-0.25, -0.2) is 4.98 Å². The highest BCUT2D eigenvalue weighted by Crippen LogP contribution is 2.18. The molecule has 1 amide bonds. The first-order valence-corrected chi connectivity index (χ1v) is 7.25. The van der Waals surface area contributed by atoms with E-state index in [9.17, 15) is 4.79 Å². The lowest BCUT2D eigenvalue weighted by Gasteiger charge is -2.20. The molecule has 4 heteroatoms. The standard InChI is InChI=1S/C11H16N2OS.C2H6/c1-8-4-3-5-13(8)11(14)6-10-7-15-9(2)12-10;1-2/h7-8H,3-6H2,1-2H3;1-2H3/t8-;/m0./s1. The molecule has 3 nitrogen and oxygen atoms in total. The van der Waals surface area contributed by atoms with Crippen LogP contribution in [0.5, 0.6) is 0 Å². The van der Waals surface area contributed by atoms with Gasteiger partial charge in [0.05, 0.1) is 17.1 Å².